The molecule has 0 heterocycles. The van der Waals surface area contributed by atoms with Gasteiger partial charge in [-0.3, -0.25) is 0 Å². The van der Waals surface area contributed by atoms with Gasteiger partial charge in [-0.2, -0.15) is 0 Å². The number of hydrogen-bond donors (Lipinski definition) is 3. The molecule has 4 unspecified atom stereocenters. The van der Waals surface area contributed by atoms with E-state index in [9.17, 15) is 15.3 Å². The van der Waals surface area contributed by atoms with Crippen LogP contribution in [0.1, 0.15) is 59.3 Å². The molecule has 0 aromatic rings. The van der Waals surface area contributed by atoms with Crippen LogP contribution < -0.4 is 0 Å². The van der Waals surface area contributed by atoms with Crippen molar-refractivity contribution < 1.29 is 15.3 Å². The molecule has 3 N–H and O–H groups in total. The predicted octanol–water partition coefficient (Wildman–Crippen LogP) is 3.96. The first-order valence-electron chi connectivity index (χ1n) is 9.05. The second kappa shape index (κ2) is 7.22. The van der Waals surface area contributed by atoms with Gasteiger partial charge in [0.15, 0.2) is 0 Å². The lowest BCUT2D eigenvalue weighted by atomic mass is 9.64. The summed E-state index contributed by atoms with van der Waals surface area (Å²) in [6.07, 6.45) is 3.95. The molecule has 0 aliphatic heterocycles. The van der Waals surface area contributed by atoms with Crippen molar-refractivity contribution >= 4 is 15.9 Å². The molecule has 0 spiro atoms. The maximum absolute atomic E-state index is 10.7. The summed E-state index contributed by atoms with van der Waals surface area (Å²) in [5.74, 6) is 0.540. The molecular weight excluding hydrogens is 368 g/mol. The third kappa shape index (κ3) is 4.14. The molecule has 24 heavy (non-hydrogen) atoms. The van der Waals surface area contributed by atoms with E-state index in [1.54, 1.807) is 6.92 Å². The first kappa shape index (κ1) is 20.2. The molecule has 138 valence electrons. The highest BCUT2D eigenvalue weighted by molar-refractivity contribution is 9.09. The van der Waals surface area contributed by atoms with E-state index in [1.807, 2.05) is 13.8 Å². The molecule has 0 aromatic heterocycles. The third-order valence-corrected chi connectivity index (χ3v) is 7.75. The Balaban J connectivity index is 2.09. The topological polar surface area (TPSA) is 60.7 Å². The molecule has 0 amide bonds. The van der Waals surface area contributed by atoms with Gasteiger partial charge in [0, 0.05) is 4.83 Å². The minimum atomic E-state index is -1.04. The summed E-state index contributed by atoms with van der Waals surface area (Å²) in [6, 6.07) is 0. The predicted molar refractivity (Wildman–Crippen MR) is 102 cm³/mol. The van der Waals surface area contributed by atoms with Crippen molar-refractivity contribution in [1.29, 1.82) is 0 Å². The molecule has 2 aliphatic rings. The van der Waals surface area contributed by atoms with Crippen LogP contribution in [0.2, 0.25) is 0 Å². The fourth-order valence-electron chi connectivity index (χ4n) is 4.44. The van der Waals surface area contributed by atoms with Crippen LogP contribution in [0, 0.1) is 17.8 Å². The average Bonchev–Trinajstić information content (AvgIpc) is 2.46. The summed E-state index contributed by atoms with van der Waals surface area (Å²) in [5.41, 5.74) is 0.506. The first-order valence-corrected chi connectivity index (χ1v) is 9.97. The van der Waals surface area contributed by atoms with E-state index in [1.165, 1.54) is 0 Å². The van der Waals surface area contributed by atoms with E-state index >= 15 is 0 Å². The molecule has 3 nitrogen and oxygen atoms in total. The number of aliphatic hydroxyl groups excluding tert-OH is 1. The lowest BCUT2D eigenvalue weighted by molar-refractivity contribution is -0.127. The molecular formula is C20H33BrO3. The number of aliphatic hydroxyl groups is 3. The molecule has 2 rings (SSSR count). The van der Waals surface area contributed by atoms with Crippen LogP contribution >= 0.6 is 15.9 Å². The van der Waals surface area contributed by atoms with Gasteiger partial charge in [0.25, 0.3) is 0 Å². The van der Waals surface area contributed by atoms with Gasteiger partial charge in [-0.1, -0.05) is 40.2 Å². The van der Waals surface area contributed by atoms with Crippen molar-refractivity contribution in [1.82, 2.24) is 0 Å². The smallest absolute Gasteiger partial charge is 0.0880 e. The van der Waals surface area contributed by atoms with Gasteiger partial charge in [-0.15, -0.1) is 0 Å². The van der Waals surface area contributed by atoms with Gasteiger partial charge in [0.05, 0.1) is 17.3 Å². The van der Waals surface area contributed by atoms with Crippen LogP contribution in [0.25, 0.3) is 0 Å². The normalized spacial score (nSPS) is 46.5. The Hall–Kier alpha value is -0.160. The standard InChI is InChI=1S/C20H33BrO3/c1-12(2)15-7-9-20(5,24)18(22)16(15)10-13(3)14-6-8-19(4,23)17(21)11-14/h14-18,22-24H,1,3,6-11H2,2,4-5H3/t14?,15?,16?,17-,18-,19+,20?/m1/s1. The second-order valence-electron chi connectivity index (χ2n) is 8.62. The Labute approximate surface area is 155 Å². The van der Waals surface area contributed by atoms with Crippen LogP contribution in [-0.4, -0.2) is 37.5 Å². The Kier molecular flexibility index (Phi) is 6.06. The number of hydrogen-bond acceptors (Lipinski definition) is 3. The summed E-state index contributed by atoms with van der Waals surface area (Å²) in [6.45, 7) is 14.0. The van der Waals surface area contributed by atoms with Crippen LogP contribution in [0.3, 0.4) is 0 Å². The Morgan fingerprint density at radius 3 is 2.25 bits per heavy atom. The molecule has 2 saturated carbocycles. The summed E-state index contributed by atoms with van der Waals surface area (Å²) in [4.78, 5) is 0.0665. The van der Waals surface area contributed by atoms with E-state index in [2.05, 4.69) is 29.1 Å². The molecule has 7 atom stereocenters. The lowest BCUT2D eigenvalue weighted by Gasteiger charge is -2.46. The van der Waals surface area contributed by atoms with Gasteiger partial charge >= 0.3 is 0 Å². The monoisotopic (exact) mass is 400 g/mol. The van der Waals surface area contributed by atoms with E-state index < -0.39 is 17.3 Å². The zero-order valence-corrected chi connectivity index (χ0v) is 16.8. The van der Waals surface area contributed by atoms with Crippen LogP contribution in [0.15, 0.2) is 24.3 Å². The minimum Gasteiger partial charge on any atom is -0.390 e. The quantitative estimate of drug-likeness (QED) is 0.494. The maximum Gasteiger partial charge on any atom is 0.0880 e. The fraction of sp³-hybridized carbons (Fsp3) is 0.800. The number of halogens is 1. The molecule has 2 fully saturated rings. The molecule has 4 heteroatoms. The summed E-state index contributed by atoms with van der Waals surface area (Å²) < 4.78 is 0. The second-order valence-corrected chi connectivity index (χ2v) is 9.72. The van der Waals surface area contributed by atoms with Crippen molar-refractivity contribution in [2.45, 2.75) is 81.4 Å². The number of alkyl halides is 1. The highest BCUT2D eigenvalue weighted by atomic mass is 79.9. The van der Waals surface area contributed by atoms with E-state index in [0.717, 1.165) is 36.8 Å². The molecule has 0 bridgehead atoms. The first-order chi connectivity index (χ1) is 11.0. The molecule has 0 radical (unpaired) electrons. The van der Waals surface area contributed by atoms with Gasteiger partial charge in [0.1, 0.15) is 0 Å². The van der Waals surface area contributed by atoms with Crippen molar-refractivity contribution in [3.63, 3.8) is 0 Å². The zero-order chi connectivity index (χ0) is 18.3. The third-order valence-electron chi connectivity index (χ3n) is 6.39. The highest BCUT2D eigenvalue weighted by Gasteiger charge is 2.46. The largest absolute Gasteiger partial charge is 0.390 e. The lowest BCUT2D eigenvalue weighted by Crippen LogP contribution is -2.51. The van der Waals surface area contributed by atoms with Crippen LogP contribution in [0.4, 0.5) is 0 Å². The van der Waals surface area contributed by atoms with E-state index in [-0.39, 0.29) is 16.7 Å². The van der Waals surface area contributed by atoms with Gasteiger partial charge in [-0.05, 0) is 77.0 Å². The Morgan fingerprint density at radius 1 is 1.12 bits per heavy atom. The van der Waals surface area contributed by atoms with Crippen LogP contribution in [-0.2, 0) is 0 Å². The minimum absolute atomic E-state index is 0.0324. The van der Waals surface area contributed by atoms with E-state index in [0.29, 0.717) is 18.8 Å². The average molecular weight is 401 g/mol. The number of allylic oxidation sites excluding steroid dienone is 2. The van der Waals surface area contributed by atoms with Gasteiger partial charge < -0.3 is 15.3 Å². The maximum atomic E-state index is 10.7. The highest BCUT2D eigenvalue weighted by Crippen LogP contribution is 2.46. The van der Waals surface area contributed by atoms with Crippen molar-refractivity contribution in [2.75, 3.05) is 0 Å². The van der Waals surface area contributed by atoms with Crippen molar-refractivity contribution in [3.8, 4) is 0 Å². The molecule has 0 saturated heterocycles. The summed E-state index contributed by atoms with van der Waals surface area (Å²) >= 11 is 3.61. The molecule has 0 aromatic carbocycles. The van der Waals surface area contributed by atoms with Crippen molar-refractivity contribution in [3.05, 3.63) is 24.3 Å². The Bertz CT molecular complexity index is 497. The van der Waals surface area contributed by atoms with E-state index in [4.69, 9.17) is 0 Å². The van der Waals surface area contributed by atoms with Crippen LogP contribution in [0.5, 0.6) is 0 Å². The molecule has 2 aliphatic carbocycles. The number of rotatable bonds is 4. The summed E-state index contributed by atoms with van der Waals surface area (Å²) in [7, 11) is 0. The fourth-order valence-corrected chi connectivity index (χ4v) is 5.12. The van der Waals surface area contributed by atoms with Crippen molar-refractivity contribution in [2.24, 2.45) is 17.8 Å². The van der Waals surface area contributed by atoms with Gasteiger partial charge in [0.2, 0.25) is 0 Å². The Morgan fingerprint density at radius 2 is 1.71 bits per heavy atom. The summed E-state index contributed by atoms with van der Waals surface area (Å²) in [5, 5.41) is 31.5. The van der Waals surface area contributed by atoms with Gasteiger partial charge in [-0.25, -0.2) is 0 Å². The zero-order valence-electron chi connectivity index (χ0n) is 15.3. The SMILES string of the molecule is C=C(CC1C(C(=C)C)CCC(C)(O)[C@@H]1O)C1CC[C@](C)(O)[C@H](Br)C1.